The first-order chi connectivity index (χ1) is 12.5. The maximum absolute atomic E-state index is 12.6. The van der Waals surface area contributed by atoms with E-state index in [1.165, 1.54) is 38.2 Å². The molecule has 2 aliphatic rings. The van der Waals surface area contributed by atoms with E-state index in [9.17, 15) is 8.42 Å². The van der Waals surface area contributed by atoms with Crippen LogP contribution in [0.4, 0.5) is 0 Å². The molecule has 0 aromatic heterocycles. The SMILES string of the molecule is COc1ccc(S(=O)(=O)NCC2CCN(C3CCSC3)CC2)cc1OC. The summed E-state index contributed by atoms with van der Waals surface area (Å²) >= 11 is 2.04. The molecule has 1 aromatic carbocycles. The number of hydrogen-bond donors (Lipinski definition) is 1. The van der Waals surface area contributed by atoms with E-state index < -0.39 is 10.0 Å². The number of ether oxygens (including phenoxy) is 2. The van der Waals surface area contributed by atoms with Gasteiger partial charge in [-0.05, 0) is 56.2 Å². The van der Waals surface area contributed by atoms with E-state index in [1.807, 2.05) is 11.8 Å². The number of nitrogens with zero attached hydrogens (tertiary/aromatic N) is 1. The van der Waals surface area contributed by atoms with Crippen LogP contribution in [0.2, 0.25) is 0 Å². The third-order valence-corrected chi connectivity index (χ3v) is 7.86. The number of hydrogen-bond acceptors (Lipinski definition) is 6. The van der Waals surface area contributed by atoms with Gasteiger partial charge in [-0.25, -0.2) is 13.1 Å². The molecule has 6 nitrogen and oxygen atoms in total. The predicted octanol–water partition coefficient (Wildman–Crippen LogP) is 2.20. The standard InChI is InChI=1S/C18H28N2O4S2/c1-23-17-4-3-16(11-18(17)24-2)26(21,22)19-12-14-5-8-20(9-6-14)15-7-10-25-13-15/h3-4,11,14-15,19H,5-10,12-13H2,1-2H3. The quantitative estimate of drug-likeness (QED) is 0.757. The second kappa shape index (κ2) is 8.82. The van der Waals surface area contributed by atoms with E-state index in [0.717, 1.165) is 32.0 Å². The summed E-state index contributed by atoms with van der Waals surface area (Å²) in [5.74, 6) is 3.85. The molecule has 0 aliphatic carbocycles. The minimum atomic E-state index is -3.55. The number of nitrogens with one attached hydrogen (secondary N) is 1. The van der Waals surface area contributed by atoms with Crippen LogP contribution in [0.15, 0.2) is 23.1 Å². The summed E-state index contributed by atoms with van der Waals surface area (Å²) < 4.78 is 38.3. The number of thioether (sulfide) groups is 1. The van der Waals surface area contributed by atoms with E-state index in [4.69, 9.17) is 9.47 Å². The van der Waals surface area contributed by atoms with Crippen molar-refractivity contribution in [1.29, 1.82) is 0 Å². The minimum Gasteiger partial charge on any atom is -0.493 e. The topological polar surface area (TPSA) is 67.9 Å². The smallest absolute Gasteiger partial charge is 0.240 e. The van der Waals surface area contributed by atoms with Crippen molar-refractivity contribution in [3.63, 3.8) is 0 Å². The number of rotatable bonds is 7. The summed E-state index contributed by atoms with van der Waals surface area (Å²) in [7, 11) is -0.522. The van der Waals surface area contributed by atoms with Crippen LogP contribution < -0.4 is 14.2 Å². The zero-order valence-corrected chi connectivity index (χ0v) is 17.1. The van der Waals surface area contributed by atoms with Gasteiger partial charge in [0.1, 0.15) is 0 Å². The maximum atomic E-state index is 12.6. The summed E-state index contributed by atoms with van der Waals surface area (Å²) in [6, 6.07) is 5.39. The highest BCUT2D eigenvalue weighted by Gasteiger charge is 2.28. The Morgan fingerprint density at radius 1 is 1.15 bits per heavy atom. The molecule has 0 spiro atoms. The number of piperidine rings is 1. The van der Waals surface area contributed by atoms with E-state index in [2.05, 4.69) is 9.62 Å². The van der Waals surface area contributed by atoms with Gasteiger partial charge in [-0.15, -0.1) is 0 Å². The average molecular weight is 401 g/mol. The number of sulfonamides is 1. The maximum Gasteiger partial charge on any atom is 0.240 e. The molecule has 0 bridgehead atoms. The zero-order chi connectivity index (χ0) is 18.6. The highest BCUT2D eigenvalue weighted by atomic mass is 32.2. The molecule has 146 valence electrons. The monoisotopic (exact) mass is 400 g/mol. The van der Waals surface area contributed by atoms with Crippen LogP contribution in [0.25, 0.3) is 0 Å². The van der Waals surface area contributed by atoms with E-state index in [1.54, 1.807) is 12.1 Å². The van der Waals surface area contributed by atoms with Gasteiger partial charge in [-0.2, -0.15) is 11.8 Å². The molecule has 0 amide bonds. The Hall–Kier alpha value is -0.960. The first kappa shape index (κ1) is 19.8. The molecule has 3 rings (SSSR count). The molecular weight excluding hydrogens is 372 g/mol. The Bertz CT molecular complexity index is 697. The molecular formula is C18H28N2O4S2. The van der Waals surface area contributed by atoms with Crippen LogP contribution in [0, 0.1) is 5.92 Å². The first-order valence-electron chi connectivity index (χ1n) is 9.07. The summed E-state index contributed by atoms with van der Waals surface area (Å²) in [4.78, 5) is 2.79. The van der Waals surface area contributed by atoms with Crippen LogP contribution in [-0.2, 0) is 10.0 Å². The molecule has 8 heteroatoms. The minimum absolute atomic E-state index is 0.204. The fourth-order valence-electron chi connectivity index (χ4n) is 3.63. The van der Waals surface area contributed by atoms with Gasteiger partial charge in [0.25, 0.3) is 0 Å². The Morgan fingerprint density at radius 3 is 2.50 bits per heavy atom. The van der Waals surface area contributed by atoms with Gasteiger partial charge in [-0.1, -0.05) is 0 Å². The van der Waals surface area contributed by atoms with E-state index >= 15 is 0 Å². The van der Waals surface area contributed by atoms with Crippen molar-refractivity contribution in [2.24, 2.45) is 5.92 Å². The van der Waals surface area contributed by atoms with Gasteiger partial charge < -0.3 is 9.47 Å². The van der Waals surface area contributed by atoms with Crippen LogP contribution >= 0.6 is 11.8 Å². The van der Waals surface area contributed by atoms with Gasteiger partial charge >= 0.3 is 0 Å². The van der Waals surface area contributed by atoms with Gasteiger partial charge in [0.05, 0.1) is 19.1 Å². The summed E-state index contributed by atoms with van der Waals surface area (Å²) in [5, 5.41) is 0. The molecule has 0 radical (unpaired) electrons. The largest absolute Gasteiger partial charge is 0.493 e. The van der Waals surface area contributed by atoms with Gasteiger partial charge in [-0.3, -0.25) is 4.90 Å². The van der Waals surface area contributed by atoms with Crippen LogP contribution in [0.3, 0.4) is 0 Å². The van der Waals surface area contributed by atoms with Crippen molar-refractivity contribution >= 4 is 21.8 Å². The molecule has 2 fully saturated rings. The van der Waals surface area contributed by atoms with Crippen LogP contribution in [-0.4, -0.2) is 64.7 Å². The van der Waals surface area contributed by atoms with Gasteiger partial charge in [0.2, 0.25) is 10.0 Å². The van der Waals surface area contributed by atoms with E-state index in [-0.39, 0.29) is 4.90 Å². The molecule has 1 aromatic rings. The Balaban J connectivity index is 1.54. The molecule has 0 saturated carbocycles. The molecule has 26 heavy (non-hydrogen) atoms. The van der Waals surface area contributed by atoms with Gasteiger partial charge in [0.15, 0.2) is 11.5 Å². The lowest BCUT2D eigenvalue weighted by atomic mass is 9.96. The van der Waals surface area contributed by atoms with Crippen molar-refractivity contribution in [3.05, 3.63) is 18.2 Å². The number of benzene rings is 1. The summed E-state index contributed by atoms with van der Waals surface area (Å²) in [6.07, 6.45) is 3.40. The molecule has 1 atom stereocenters. The highest BCUT2D eigenvalue weighted by Crippen LogP contribution is 2.30. The van der Waals surface area contributed by atoms with Gasteiger partial charge in [0, 0.05) is 24.4 Å². The van der Waals surface area contributed by atoms with Crippen molar-refractivity contribution in [2.45, 2.75) is 30.2 Å². The molecule has 1 unspecified atom stereocenters. The average Bonchev–Trinajstić information content (AvgIpc) is 3.21. The lowest BCUT2D eigenvalue weighted by Gasteiger charge is -2.35. The van der Waals surface area contributed by atoms with Crippen molar-refractivity contribution in [1.82, 2.24) is 9.62 Å². The third kappa shape index (κ3) is 4.65. The number of likely N-dealkylation sites (tertiary alicyclic amines) is 1. The van der Waals surface area contributed by atoms with Crippen LogP contribution in [0.1, 0.15) is 19.3 Å². The first-order valence-corrected chi connectivity index (χ1v) is 11.7. The normalized spacial score (nSPS) is 22.5. The number of methoxy groups -OCH3 is 2. The molecule has 2 heterocycles. The third-order valence-electron chi connectivity index (χ3n) is 5.30. The Kier molecular flexibility index (Phi) is 6.71. The second-order valence-corrected chi connectivity index (χ2v) is 9.78. The van der Waals surface area contributed by atoms with Crippen molar-refractivity contribution < 1.29 is 17.9 Å². The van der Waals surface area contributed by atoms with Crippen LogP contribution in [0.5, 0.6) is 11.5 Å². The summed E-state index contributed by atoms with van der Waals surface area (Å²) in [5.41, 5.74) is 0. The molecule has 2 saturated heterocycles. The molecule has 1 N–H and O–H groups in total. The highest BCUT2D eigenvalue weighted by molar-refractivity contribution is 7.99. The summed E-state index contributed by atoms with van der Waals surface area (Å²) in [6.45, 7) is 2.64. The fourth-order valence-corrected chi connectivity index (χ4v) is 6.01. The second-order valence-electron chi connectivity index (χ2n) is 6.87. The van der Waals surface area contributed by atoms with Crippen molar-refractivity contribution in [3.8, 4) is 11.5 Å². The van der Waals surface area contributed by atoms with Crippen molar-refractivity contribution in [2.75, 3.05) is 45.4 Å². The molecule has 2 aliphatic heterocycles. The predicted molar refractivity (Wildman–Crippen MR) is 105 cm³/mol. The Morgan fingerprint density at radius 2 is 1.88 bits per heavy atom. The fraction of sp³-hybridized carbons (Fsp3) is 0.667. The van der Waals surface area contributed by atoms with E-state index in [0.29, 0.717) is 24.0 Å². The lowest BCUT2D eigenvalue weighted by Crippen LogP contribution is -2.43. The zero-order valence-electron chi connectivity index (χ0n) is 15.4. The lowest BCUT2D eigenvalue weighted by molar-refractivity contribution is 0.145. The Labute approximate surface area is 160 Å².